The molecule has 3 aromatic rings. The van der Waals surface area contributed by atoms with E-state index in [4.69, 9.17) is 16.3 Å². The summed E-state index contributed by atoms with van der Waals surface area (Å²) >= 11 is 6.18. The fraction of sp³-hybridized carbons (Fsp3) is 0.222. The minimum Gasteiger partial charge on any atom is -0.490 e. The Labute approximate surface area is 204 Å². The topological polar surface area (TPSA) is 56.8 Å². The number of benzene rings is 3. The van der Waals surface area contributed by atoms with Crippen LogP contribution >= 0.6 is 11.6 Å². The highest BCUT2D eigenvalue weighted by Gasteiger charge is 2.29. The molecule has 0 atom stereocenters. The van der Waals surface area contributed by atoms with Crippen molar-refractivity contribution < 1.29 is 9.53 Å². The maximum atomic E-state index is 13.2. The quantitative estimate of drug-likeness (QED) is 0.500. The number of likely N-dealkylation sites (N-methyl/N-ethyl adjacent to an activating group) is 1. The second-order valence-corrected chi connectivity index (χ2v) is 9.34. The molecule has 2 N–H and O–H groups in total. The van der Waals surface area contributed by atoms with Crippen molar-refractivity contribution in [3.05, 3.63) is 82.4 Å². The van der Waals surface area contributed by atoms with E-state index in [1.54, 1.807) is 12.1 Å². The molecule has 34 heavy (non-hydrogen) atoms. The Morgan fingerprint density at radius 1 is 1.12 bits per heavy atom. The van der Waals surface area contributed by atoms with Crippen LogP contribution in [0.15, 0.2) is 60.7 Å². The maximum Gasteiger partial charge on any atom is 0.258 e. The second kappa shape index (κ2) is 9.05. The molecular weight excluding hydrogens is 448 g/mol. The molecule has 0 saturated heterocycles. The van der Waals surface area contributed by atoms with Crippen molar-refractivity contribution in [1.82, 2.24) is 4.90 Å². The molecular formula is C27H27ClN4O2. The first-order valence-corrected chi connectivity index (χ1v) is 11.6. The van der Waals surface area contributed by atoms with Gasteiger partial charge in [0, 0.05) is 35.4 Å². The first-order chi connectivity index (χ1) is 16.4. The van der Waals surface area contributed by atoms with Crippen LogP contribution in [0.2, 0.25) is 5.02 Å². The van der Waals surface area contributed by atoms with E-state index in [9.17, 15) is 4.79 Å². The largest absolute Gasteiger partial charge is 0.490 e. The predicted molar refractivity (Wildman–Crippen MR) is 140 cm³/mol. The van der Waals surface area contributed by atoms with Crippen LogP contribution in [0.4, 0.5) is 17.1 Å². The van der Waals surface area contributed by atoms with Gasteiger partial charge in [0.1, 0.15) is 12.4 Å². The van der Waals surface area contributed by atoms with E-state index in [2.05, 4.69) is 39.6 Å². The third kappa shape index (κ3) is 4.34. The van der Waals surface area contributed by atoms with Gasteiger partial charge in [0.15, 0.2) is 0 Å². The molecule has 0 radical (unpaired) electrons. The van der Waals surface area contributed by atoms with Crippen molar-refractivity contribution in [2.24, 2.45) is 0 Å². The van der Waals surface area contributed by atoms with E-state index in [1.165, 1.54) is 5.56 Å². The van der Waals surface area contributed by atoms with Gasteiger partial charge in [-0.2, -0.15) is 0 Å². The fourth-order valence-corrected chi connectivity index (χ4v) is 4.56. The van der Waals surface area contributed by atoms with Crippen LogP contribution in [0.1, 0.15) is 16.7 Å². The monoisotopic (exact) mass is 474 g/mol. The number of nitrogens with zero attached hydrogens (tertiary/aromatic N) is 2. The normalized spacial score (nSPS) is 16.0. The summed E-state index contributed by atoms with van der Waals surface area (Å²) in [6.07, 6.45) is 0. The van der Waals surface area contributed by atoms with E-state index in [-0.39, 0.29) is 5.91 Å². The number of carbonyl (C=O) groups excluding carboxylic acids is 1. The van der Waals surface area contributed by atoms with Crippen LogP contribution in [-0.4, -0.2) is 45.1 Å². The first kappa shape index (κ1) is 22.3. The lowest BCUT2D eigenvalue weighted by Gasteiger charge is -2.28. The molecule has 2 aliphatic heterocycles. The summed E-state index contributed by atoms with van der Waals surface area (Å²) < 4.78 is 5.95. The third-order valence-corrected chi connectivity index (χ3v) is 6.28. The summed E-state index contributed by atoms with van der Waals surface area (Å²) in [6.45, 7) is 2.33. The molecule has 1 amide bonds. The molecule has 174 valence electrons. The Kier molecular flexibility index (Phi) is 5.94. The van der Waals surface area contributed by atoms with Gasteiger partial charge in [-0.1, -0.05) is 35.9 Å². The van der Waals surface area contributed by atoms with E-state index in [1.807, 2.05) is 50.5 Å². The number of carbonyl (C=O) groups is 1. The van der Waals surface area contributed by atoms with Gasteiger partial charge in [0.2, 0.25) is 0 Å². The number of amides is 1. The lowest BCUT2D eigenvalue weighted by molar-refractivity contribution is -0.110. The highest BCUT2D eigenvalue weighted by atomic mass is 35.5. The Balaban J connectivity index is 1.61. The Morgan fingerprint density at radius 2 is 1.91 bits per heavy atom. The second-order valence-electron chi connectivity index (χ2n) is 8.91. The van der Waals surface area contributed by atoms with Crippen molar-refractivity contribution in [2.45, 2.75) is 6.54 Å². The third-order valence-electron chi connectivity index (χ3n) is 6.04. The molecule has 0 fully saturated rings. The molecule has 0 spiro atoms. The number of hydrogen-bond acceptors (Lipinski definition) is 5. The number of ether oxygens (including phenoxy) is 1. The van der Waals surface area contributed by atoms with Gasteiger partial charge >= 0.3 is 0 Å². The average Bonchev–Trinajstić information content (AvgIpc) is 3.12. The number of halogens is 1. The van der Waals surface area contributed by atoms with E-state index in [0.29, 0.717) is 22.9 Å². The van der Waals surface area contributed by atoms with Gasteiger partial charge in [-0.3, -0.25) is 4.79 Å². The van der Waals surface area contributed by atoms with E-state index < -0.39 is 0 Å². The van der Waals surface area contributed by atoms with Crippen LogP contribution in [-0.2, 0) is 11.3 Å². The highest BCUT2D eigenvalue weighted by Crippen LogP contribution is 2.41. The lowest BCUT2D eigenvalue weighted by atomic mass is 9.99. The van der Waals surface area contributed by atoms with Gasteiger partial charge in [-0.15, -0.1) is 0 Å². The predicted octanol–water partition coefficient (Wildman–Crippen LogP) is 5.16. The lowest BCUT2D eigenvalue weighted by Crippen LogP contribution is -2.28. The van der Waals surface area contributed by atoms with Crippen LogP contribution in [0, 0.1) is 0 Å². The molecule has 2 heterocycles. The van der Waals surface area contributed by atoms with E-state index in [0.717, 1.165) is 47.0 Å². The smallest absolute Gasteiger partial charge is 0.258 e. The highest BCUT2D eigenvalue weighted by molar-refractivity contribution is 6.38. The summed E-state index contributed by atoms with van der Waals surface area (Å²) in [5.74, 6) is 0.641. The zero-order valence-corrected chi connectivity index (χ0v) is 20.2. The Bertz CT molecular complexity index is 1280. The zero-order valence-electron chi connectivity index (χ0n) is 19.5. The minimum atomic E-state index is -0.167. The van der Waals surface area contributed by atoms with Gasteiger partial charge in [-0.25, -0.2) is 0 Å². The van der Waals surface area contributed by atoms with Crippen LogP contribution in [0.25, 0.3) is 11.3 Å². The number of nitrogens with one attached hydrogen (secondary N) is 2. The zero-order chi connectivity index (χ0) is 23.8. The van der Waals surface area contributed by atoms with Gasteiger partial charge in [-0.05, 0) is 56.1 Å². The van der Waals surface area contributed by atoms with Crippen molar-refractivity contribution in [3.63, 3.8) is 0 Å². The van der Waals surface area contributed by atoms with Crippen LogP contribution in [0.3, 0.4) is 0 Å². The molecule has 6 nitrogen and oxygen atoms in total. The SMILES string of the molecule is CN(C)Cc1ccc(N/C(=C2\C(=O)Nc3cc(Cl)ccc32)c2ccc3c(c2)OCCN3C)cc1. The molecule has 0 bridgehead atoms. The van der Waals surface area contributed by atoms with Crippen LogP contribution < -0.4 is 20.3 Å². The molecule has 0 unspecified atom stereocenters. The minimum absolute atomic E-state index is 0.167. The van der Waals surface area contributed by atoms with E-state index >= 15 is 0 Å². The molecule has 0 saturated carbocycles. The van der Waals surface area contributed by atoms with Crippen LogP contribution in [0.5, 0.6) is 5.75 Å². The summed E-state index contributed by atoms with van der Waals surface area (Å²) in [5, 5.41) is 7.06. The molecule has 0 aromatic heterocycles. The fourth-order valence-electron chi connectivity index (χ4n) is 4.39. The molecule has 5 rings (SSSR count). The Morgan fingerprint density at radius 3 is 2.68 bits per heavy atom. The number of fused-ring (bicyclic) bond motifs is 2. The first-order valence-electron chi connectivity index (χ1n) is 11.2. The van der Waals surface area contributed by atoms with Gasteiger partial charge < -0.3 is 25.2 Å². The Hall–Kier alpha value is -3.48. The van der Waals surface area contributed by atoms with Crippen molar-refractivity contribution >= 4 is 45.8 Å². The summed E-state index contributed by atoms with van der Waals surface area (Å²) in [6, 6.07) is 19.8. The standard InChI is InChI=1S/C27H27ClN4O2/c1-31(2)16-17-4-8-20(9-5-17)29-26(18-6-11-23-24(14-18)34-13-12-32(23)3)25-21-10-7-19(28)15-22(21)30-27(25)33/h4-11,14-15,29H,12-13,16H2,1-3H3,(H,30,33)/b26-25-. The summed E-state index contributed by atoms with van der Waals surface area (Å²) in [7, 11) is 6.15. The van der Waals surface area contributed by atoms with Crippen molar-refractivity contribution in [3.8, 4) is 5.75 Å². The average molecular weight is 475 g/mol. The number of anilines is 3. The maximum absolute atomic E-state index is 13.2. The van der Waals surface area contributed by atoms with Crippen molar-refractivity contribution in [1.29, 1.82) is 0 Å². The van der Waals surface area contributed by atoms with Crippen molar-refractivity contribution in [2.75, 3.05) is 49.8 Å². The number of hydrogen-bond donors (Lipinski definition) is 2. The summed E-state index contributed by atoms with van der Waals surface area (Å²) in [4.78, 5) is 17.5. The number of rotatable bonds is 5. The van der Waals surface area contributed by atoms with Gasteiger partial charge in [0.05, 0.1) is 29.2 Å². The molecule has 2 aliphatic rings. The molecule has 7 heteroatoms. The van der Waals surface area contributed by atoms with Gasteiger partial charge in [0.25, 0.3) is 5.91 Å². The molecule has 0 aliphatic carbocycles. The molecule has 3 aromatic carbocycles. The summed E-state index contributed by atoms with van der Waals surface area (Å²) in [5.41, 5.74) is 6.85.